The van der Waals surface area contributed by atoms with Gasteiger partial charge in [-0.3, -0.25) is 9.69 Å². The van der Waals surface area contributed by atoms with E-state index in [0.717, 1.165) is 37.0 Å². The highest BCUT2D eigenvalue weighted by molar-refractivity contribution is 5.85. The molecule has 0 saturated heterocycles. The van der Waals surface area contributed by atoms with E-state index in [9.17, 15) is 4.79 Å². The van der Waals surface area contributed by atoms with Crippen molar-refractivity contribution in [2.45, 2.75) is 20.3 Å². The van der Waals surface area contributed by atoms with E-state index in [4.69, 9.17) is 4.74 Å². The highest BCUT2D eigenvalue weighted by atomic mass is 16.5. The minimum absolute atomic E-state index is 0.138. The maximum Gasteiger partial charge on any atom is 0.313 e. The molecule has 2 aromatic rings. The summed E-state index contributed by atoms with van der Waals surface area (Å²) >= 11 is 0. The molecule has 0 aliphatic rings. The van der Waals surface area contributed by atoms with Crippen molar-refractivity contribution < 1.29 is 9.53 Å². The largest absolute Gasteiger partial charge is 0.426 e. The van der Waals surface area contributed by atoms with Gasteiger partial charge >= 0.3 is 5.97 Å². The fraction of sp³-hybridized carbons (Fsp3) is 0.350. The van der Waals surface area contributed by atoms with Gasteiger partial charge in [0.05, 0.1) is 5.92 Å². The smallest absolute Gasteiger partial charge is 0.313 e. The topological polar surface area (TPSA) is 45.3 Å². The quantitative estimate of drug-likeness (QED) is 0.431. The molecule has 2 rings (SSSR count). The monoisotopic (exact) mass is 326 g/mol. The molecule has 4 nitrogen and oxygen atoms in total. The molecule has 1 N–H and O–H groups in total. The molecule has 1 aromatic carbocycles. The van der Waals surface area contributed by atoms with Crippen LogP contribution in [0.3, 0.4) is 0 Å². The van der Waals surface area contributed by atoms with Gasteiger partial charge in [-0.2, -0.15) is 0 Å². The number of aromatic nitrogens is 1. The highest BCUT2D eigenvalue weighted by Gasteiger charge is 2.12. The summed E-state index contributed by atoms with van der Waals surface area (Å²) in [5.41, 5.74) is 2.24. The summed E-state index contributed by atoms with van der Waals surface area (Å²) in [6.45, 7) is 13.9. The number of carbonyl (C=O) groups excluding carboxylic acids is 1. The Labute approximate surface area is 143 Å². The van der Waals surface area contributed by atoms with Crippen LogP contribution >= 0.6 is 0 Å². The van der Waals surface area contributed by atoms with Gasteiger partial charge in [0.2, 0.25) is 0 Å². The normalized spacial score (nSPS) is 11.2. The maximum atomic E-state index is 11.7. The first-order chi connectivity index (χ1) is 11.5. The summed E-state index contributed by atoms with van der Waals surface area (Å²) in [6, 6.07) is 5.74. The van der Waals surface area contributed by atoms with Crippen molar-refractivity contribution in [3.05, 3.63) is 55.3 Å². The molecule has 0 atom stereocenters. The van der Waals surface area contributed by atoms with E-state index in [1.165, 1.54) is 5.56 Å². The zero-order valence-corrected chi connectivity index (χ0v) is 14.5. The minimum Gasteiger partial charge on any atom is -0.426 e. The lowest BCUT2D eigenvalue weighted by Gasteiger charge is -2.18. The predicted molar refractivity (Wildman–Crippen MR) is 99.3 cm³/mol. The highest BCUT2D eigenvalue weighted by Crippen LogP contribution is 2.24. The fourth-order valence-corrected chi connectivity index (χ4v) is 2.57. The molecule has 0 saturated carbocycles. The van der Waals surface area contributed by atoms with Crippen molar-refractivity contribution >= 4 is 16.9 Å². The molecule has 1 heterocycles. The van der Waals surface area contributed by atoms with Crippen LogP contribution in [0.5, 0.6) is 5.75 Å². The fourth-order valence-electron chi connectivity index (χ4n) is 2.57. The first-order valence-electron chi connectivity index (χ1n) is 8.31. The lowest BCUT2D eigenvalue weighted by molar-refractivity contribution is -0.137. The predicted octanol–water partition coefficient (Wildman–Crippen LogP) is 3.95. The van der Waals surface area contributed by atoms with E-state index in [-0.39, 0.29) is 11.9 Å². The number of aromatic amines is 1. The van der Waals surface area contributed by atoms with Gasteiger partial charge < -0.3 is 9.72 Å². The van der Waals surface area contributed by atoms with E-state index < -0.39 is 0 Å². The molecule has 0 spiro atoms. The number of rotatable bonds is 9. The molecular formula is C20H26N2O2. The van der Waals surface area contributed by atoms with Gasteiger partial charge in [0, 0.05) is 42.8 Å². The molecule has 24 heavy (non-hydrogen) atoms. The molecule has 0 aliphatic carbocycles. The number of H-pyrrole nitrogens is 1. The molecule has 0 unspecified atom stereocenters. The standard InChI is InChI=1S/C20H26N2O2/c1-5-10-22(11-6-2)12-9-16-14-21-19-13-17(7-8-18(16)19)24-20(23)15(3)4/h5-8,13-15,21H,1-2,9-12H2,3-4H3. The van der Waals surface area contributed by atoms with E-state index in [1.54, 1.807) is 0 Å². The number of esters is 1. The Morgan fingerprint density at radius 2 is 2.00 bits per heavy atom. The molecular weight excluding hydrogens is 300 g/mol. The van der Waals surface area contributed by atoms with Crippen LogP contribution < -0.4 is 4.74 Å². The van der Waals surface area contributed by atoms with Crippen LogP contribution in [0.25, 0.3) is 10.9 Å². The number of ether oxygens (including phenoxy) is 1. The molecule has 0 radical (unpaired) electrons. The van der Waals surface area contributed by atoms with Crippen LogP contribution in [0.4, 0.5) is 0 Å². The molecule has 0 fully saturated rings. The van der Waals surface area contributed by atoms with Crippen LogP contribution in [0.2, 0.25) is 0 Å². The molecule has 128 valence electrons. The van der Waals surface area contributed by atoms with Crippen molar-refractivity contribution in [2.75, 3.05) is 19.6 Å². The average molecular weight is 326 g/mol. The lowest BCUT2D eigenvalue weighted by Crippen LogP contribution is -2.26. The second-order valence-electron chi connectivity index (χ2n) is 6.18. The maximum absolute atomic E-state index is 11.7. The Hall–Kier alpha value is -2.33. The third kappa shape index (κ3) is 4.59. The molecule has 1 aromatic heterocycles. The average Bonchev–Trinajstić information content (AvgIpc) is 2.95. The van der Waals surface area contributed by atoms with E-state index in [2.05, 4.69) is 23.0 Å². The van der Waals surface area contributed by atoms with Gasteiger partial charge in [-0.15, -0.1) is 13.2 Å². The summed E-state index contributed by atoms with van der Waals surface area (Å²) in [7, 11) is 0. The summed E-state index contributed by atoms with van der Waals surface area (Å²) < 4.78 is 5.37. The van der Waals surface area contributed by atoms with Gasteiger partial charge in [0.25, 0.3) is 0 Å². The summed E-state index contributed by atoms with van der Waals surface area (Å²) in [5.74, 6) is 0.223. The number of nitrogens with one attached hydrogen (secondary N) is 1. The Balaban J connectivity index is 2.08. The number of hydrogen-bond acceptors (Lipinski definition) is 3. The third-order valence-corrected chi connectivity index (χ3v) is 3.90. The zero-order valence-electron chi connectivity index (χ0n) is 14.5. The van der Waals surface area contributed by atoms with Crippen LogP contribution in [-0.4, -0.2) is 35.5 Å². The first kappa shape index (κ1) is 18.0. The van der Waals surface area contributed by atoms with Crippen LogP contribution in [0.15, 0.2) is 49.7 Å². The van der Waals surface area contributed by atoms with Crippen molar-refractivity contribution in [3.63, 3.8) is 0 Å². The zero-order chi connectivity index (χ0) is 17.5. The Bertz CT molecular complexity index is 705. The van der Waals surface area contributed by atoms with Gasteiger partial charge in [-0.05, 0) is 24.1 Å². The molecule has 0 aliphatic heterocycles. The SMILES string of the molecule is C=CCN(CC=C)CCc1c[nH]c2cc(OC(=O)C(C)C)ccc12. The Morgan fingerprint density at radius 3 is 2.62 bits per heavy atom. The molecule has 4 heteroatoms. The van der Waals surface area contributed by atoms with Gasteiger partial charge in [0.1, 0.15) is 5.75 Å². The van der Waals surface area contributed by atoms with Crippen LogP contribution in [0, 0.1) is 5.92 Å². The van der Waals surface area contributed by atoms with Crippen LogP contribution in [-0.2, 0) is 11.2 Å². The summed E-state index contributed by atoms with van der Waals surface area (Å²) in [4.78, 5) is 17.3. The second kappa shape index (κ2) is 8.50. The van der Waals surface area contributed by atoms with E-state index >= 15 is 0 Å². The number of fused-ring (bicyclic) bond motifs is 1. The van der Waals surface area contributed by atoms with Crippen molar-refractivity contribution in [1.82, 2.24) is 9.88 Å². The van der Waals surface area contributed by atoms with E-state index in [0.29, 0.717) is 5.75 Å². The summed E-state index contributed by atoms with van der Waals surface area (Å²) in [6.07, 6.45) is 6.79. The Kier molecular flexibility index (Phi) is 6.38. The lowest BCUT2D eigenvalue weighted by atomic mass is 10.1. The molecule has 0 amide bonds. The van der Waals surface area contributed by atoms with Crippen LogP contribution in [0.1, 0.15) is 19.4 Å². The van der Waals surface area contributed by atoms with Crippen molar-refractivity contribution in [1.29, 1.82) is 0 Å². The number of nitrogens with zero attached hydrogens (tertiary/aromatic N) is 1. The second-order valence-corrected chi connectivity index (χ2v) is 6.18. The van der Waals surface area contributed by atoms with Crippen molar-refractivity contribution in [3.8, 4) is 5.75 Å². The summed E-state index contributed by atoms with van der Waals surface area (Å²) in [5, 5.41) is 1.16. The van der Waals surface area contributed by atoms with E-state index in [1.807, 2.05) is 50.4 Å². The number of carbonyl (C=O) groups is 1. The number of hydrogen-bond donors (Lipinski definition) is 1. The first-order valence-corrected chi connectivity index (χ1v) is 8.31. The number of benzene rings is 1. The van der Waals surface area contributed by atoms with Gasteiger partial charge in [-0.1, -0.05) is 26.0 Å². The van der Waals surface area contributed by atoms with Crippen molar-refractivity contribution in [2.24, 2.45) is 5.92 Å². The minimum atomic E-state index is -0.217. The van der Waals surface area contributed by atoms with Gasteiger partial charge in [-0.25, -0.2) is 0 Å². The molecule has 0 bridgehead atoms. The van der Waals surface area contributed by atoms with Gasteiger partial charge in [0.15, 0.2) is 0 Å². The third-order valence-electron chi connectivity index (χ3n) is 3.90. The Morgan fingerprint density at radius 1 is 1.29 bits per heavy atom.